The summed E-state index contributed by atoms with van der Waals surface area (Å²) in [5.74, 6) is 0.715. The van der Waals surface area contributed by atoms with Gasteiger partial charge in [-0.3, -0.25) is 0 Å². The first-order valence-corrected chi connectivity index (χ1v) is 5.70. The van der Waals surface area contributed by atoms with E-state index >= 15 is 0 Å². The smallest absolute Gasteiger partial charge is 0.189 e. The Bertz CT molecular complexity index is 711. The van der Waals surface area contributed by atoms with Gasteiger partial charge in [-0.2, -0.15) is 0 Å². The number of nitrogens with zero attached hydrogens (tertiary/aromatic N) is 3. The van der Waals surface area contributed by atoms with E-state index in [1.807, 2.05) is 30.3 Å². The first-order valence-electron chi connectivity index (χ1n) is 5.70. The summed E-state index contributed by atoms with van der Waals surface area (Å²) in [5.41, 5.74) is 6.35. The Morgan fingerprint density at radius 2 is 2.05 bits per heavy atom. The van der Waals surface area contributed by atoms with Crippen LogP contribution < -0.4 is 10.5 Å². The molecule has 0 aliphatic rings. The van der Waals surface area contributed by atoms with Gasteiger partial charge in [0.1, 0.15) is 18.2 Å². The lowest BCUT2D eigenvalue weighted by molar-refractivity contribution is 0.296. The third kappa shape index (κ3) is 2.33. The molecule has 0 atom stereocenters. The van der Waals surface area contributed by atoms with Crippen LogP contribution in [0, 0.1) is 5.82 Å². The summed E-state index contributed by atoms with van der Waals surface area (Å²) in [6.45, 7) is 0.201. The number of nitrogen functional groups attached to an aromatic ring is 1. The van der Waals surface area contributed by atoms with Crippen molar-refractivity contribution in [2.24, 2.45) is 0 Å². The molecule has 0 saturated heterocycles. The molecule has 0 aliphatic carbocycles. The zero-order chi connectivity index (χ0) is 13.2. The van der Waals surface area contributed by atoms with Gasteiger partial charge in [-0.1, -0.05) is 18.2 Å². The van der Waals surface area contributed by atoms with E-state index in [-0.39, 0.29) is 12.3 Å². The lowest BCUT2D eigenvalue weighted by Gasteiger charge is -2.01. The summed E-state index contributed by atoms with van der Waals surface area (Å²) in [7, 11) is 0. The largest absolute Gasteiger partial charge is 0.486 e. The number of anilines is 1. The minimum absolute atomic E-state index is 0.201. The summed E-state index contributed by atoms with van der Waals surface area (Å²) in [6.07, 6.45) is 1.23. The second-order valence-corrected chi connectivity index (χ2v) is 4.01. The number of pyridine rings is 1. The van der Waals surface area contributed by atoms with E-state index in [9.17, 15) is 4.39 Å². The fourth-order valence-electron chi connectivity index (χ4n) is 1.75. The maximum atomic E-state index is 13.2. The van der Waals surface area contributed by atoms with Crippen molar-refractivity contribution in [3.8, 4) is 5.75 Å². The summed E-state index contributed by atoms with van der Waals surface area (Å²) in [6, 6.07) is 10.5. The van der Waals surface area contributed by atoms with Crippen molar-refractivity contribution in [2.75, 3.05) is 5.73 Å². The van der Waals surface area contributed by atoms with Crippen molar-refractivity contribution in [1.82, 2.24) is 14.6 Å². The molecule has 6 heteroatoms. The van der Waals surface area contributed by atoms with Gasteiger partial charge >= 0.3 is 0 Å². The van der Waals surface area contributed by atoms with Crippen molar-refractivity contribution in [2.45, 2.75) is 6.61 Å². The first kappa shape index (κ1) is 11.5. The lowest BCUT2D eigenvalue weighted by Crippen LogP contribution is -1.98. The molecule has 1 aromatic carbocycles. The fraction of sp³-hybridized carbons (Fsp3) is 0.0769. The summed E-state index contributed by atoms with van der Waals surface area (Å²) >= 11 is 0. The van der Waals surface area contributed by atoms with Gasteiger partial charge in [-0.25, -0.2) is 13.9 Å². The highest BCUT2D eigenvalue weighted by Gasteiger charge is 2.08. The van der Waals surface area contributed by atoms with Gasteiger partial charge in [0.2, 0.25) is 0 Å². The number of rotatable bonds is 3. The van der Waals surface area contributed by atoms with E-state index in [0.29, 0.717) is 11.5 Å². The summed E-state index contributed by atoms with van der Waals surface area (Å²) in [5, 5.41) is 4.11. The number of nitrogens with two attached hydrogens (primary N) is 1. The monoisotopic (exact) mass is 258 g/mol. The number of para-hydroxylation sites is 1. The van der Waals surface area contributed by atoms with E-state index in [2.05, 4.69) is 10.1 Å². The SMILES string of the molecule is Nc1cc(F)cn2nc(COc3ccccc3)nc12. The van der Waals surface area contributed by atoms with E-state index in [0.717, 1.165) is 5.75 Å². The van der Waals surface area contributed by atoms with Crippen LogP contribution >= 0.6 is 0 Å². The lowest BCUT2D eigenvalue weighted by atomic mass is 10.3. The van der Waals surface area contributed by atoms with Crippen LogP contribution in [0.25, 0.3) is 5.65 Å². The van der Waals surface area contributed by atoms with Crippen molar-refractivity contribution in [3.05, 3.63) is 54.2 Å². The Labute approximate surface area is 108 Å². The van der Waals surface area contributed by atoms with Crippen LogP contribution in [0.15, 0.2) is 42.6 Å². The van der Waals surface area contributed by atoms with Crippen LogP contribution in [0.5, 0.6) is 5.75 Å². The molecule has 0 spiro atoms. The van der Waals surface area contributed by atoms with Crippen LogP contribution in [0.1, 0.15) is 5.82 Å². The average Bonchev–Trinajstić information content (AvgIpc) is 2.81. The second kappa shape index (κ2) is 4.56. The third-order valence-corrected chi connectivity index (χ3v) is 2.58. The number of hydrogen-bond donors (Lipinski definition) is 1. The maximum absolute atomic E-state index is 13.2. The Balaban J connectivity index is 1.84. The van der Waals surface area contributed by atoms with E-state index in [4.69, 9.17) is 10.5 Å². The number of benzene rings is 1. The molecule has 3 rings (SSSR count). The molecule has 0 saturated carbocycles. The highest BCUT2D eigenvalue weighted by atomic mass is 19.1. The number of ether oxygens (including phenoxy) is 1. The van der Waals surface area contributed by atoms with Crippen molar-refractivity contribution >= 4 is 11.3 Å². The highest BCUT2D eigenvalue weighted by molar-refractivity contribution is 5.63. The van der Waals surface area contributed by atoms with Gasteiger partial charge in [0.15, 0.2) is 11.5 Å². The number of hydrogen-bond acceptors (Lipinski definition) is 4. The molecule has 2 heterocycles. The molecule has 0 radical (unpaired) electrons. The highest BCUT2D eigenvalue weighted by Crippen LogP contribution is 2.14. The van der Waals surface area contributed by atoms with E-state index < -0.39 is 5.82 Å². The van der Waals surface area contributed by atoms with E-state index in [1.165, 1.54) is 16.8 Å². The Morgan fingerprint density at radius 3 is 2.84 bits per heavy atom. The van der Waals surface area contributed by atoms with Gasteiger partial charge in [0, 0.05) is 6.07 Å². The standard InChI is InChI=1S/C13H11FN4O/c14-9-6-11(15)13-16-12(17-18(13)7-9)8-19-10-4-2-1-3-5-10/h1-7H,8,15H2. The molecule has 0 aliphatic heterocycles. The fourth-order valence-corrected chi connectivity index (χ4v) is 1.75. The van der Waals surface area contributed by atoms with Crippen LogP contribution in [-0.4, -0.2) is 14.6 Å². The molecule has 3 aromatic rings. The summed E-state index contributed by atoms with van der Waals surface area (Å²) in [4.78, 5) is 4.20. The molecule has 0 amide bonds. The topological polar surface area (TPSA) is 65.4 Å². The molecular weight excluding hydrogens is 247 g/mol. The first-order chi connectivity index (χ1) is 9.22. The molecule has 19 heavy (non-hydrogen) atoms. The number of fused-ring (bicyclic) bond motifs is 1. The number of aromatic nitrogens is 3. The van der Waals surface area contributed by atoms with Crippen LogP contribution in [-0.2, 0) is 6.61 Å². The van der Waals surface area contributed by atoms with Crippen LogP contribution in [0.4, 0.5) is 10.1 Å². The molecule has 0 bridgehead atoms. The minimum atomic E-state index is -0.453. The average molecular weight is 258 g/mol. The van der Waals surface area contributed by atoms with Gasteiger partial charge in [0.05, 0.1) is 11.9 Å². The van der Waals surface area contributed by atoms with Crippen LogP contribution in [0.3, 0.4) is 0 Å². The zero-order valence-corrected chi connectivity index (χ0v) is 9.95. The third-order valence-electron chi connectivity index (χ3n) is 2.58. The molecule has 5 nitrogen and oxygen atoms in total. The Hall–Kier alpha value is -2.63. The predicted octanol–water partition coefficient (Wildman–Crippen LogP) is 2.03. The van der Waals surface area contributed by atoms with Crippen molar-refractivity contribution < 1.29 is 9.13 Å². The van der Waals surface area contributed by atoms with E-state index in [1.54, 1.807) is 0 Å². The minimum Gasteiger partial charge on any atom is -0.486 e. The molecule has 0 unspecified atom stereocenters. The molecular formula is C13H11FN4O. The van der Waals surface area contributed by atoms with Gasteiger partial charge in [-0.05, 0) is 12.1 Å². The Kier molecular flexibility index (Phi) is 2.75. The summed E-state index contributed by atoms with van der Waals surface area (Å²) < 4.78 is 20.0. The van der Waals surface area contributed by atoms with Gasteiger partial charge in [0.25, 0.3) is 0 Å². The predicted molar refractivity (Wildman–Crippen MR) is 68.1 cm³/mol. The normalized spacial score (nSPS) is 10.8. The van der Waals surface area contributed by atoms with Crippen molar-refractivity contribution in [1.29, 1.82) is 0 Å². The second-order valence-electron chi connectivity index (χ2n) is 4.01. The number of halogens is 1. The molecule has 2 aromatic heterocycles. The molecule has 2 N–H and O–H groups in total. The zero-order valence-electron chi connectivity index (χ0n) is 9.95. The molecule has 96 valence electrons. The Morgan fingerprint density at radius 1 is 1.26 bits per heavy atom. The van der Waals surface area contributed by atoms with Crippen LogP contribution in [0.2, 0.25) is 0 Å². The quantitative estimate of drug-likeness (QED) is 0.780. The molecule has 0 fully saturated rings. The van der Waals surface area contributed by atoms with Gasteiger partial charge in [-0.15, -0.1) is 5.10 Å². The van der Waals surface area contributed by atoms with Crippen molar-refractivity contribution in [3.63, 3.8) is 0 Å². The maximum Gasteiger partial charge on any atom is 0.189 e. The van der Waals surface area contributed by atoms with Gasteiger partial charge < -0.3 is 10.5 Å².